The van der Waals surface area contributed by atoms with Gasteiger partial charge in [0.05, 0.1) is 18.1 Å². The molecule has 1 aromatic carbocycles. The molecule has 0 aliphatic heterocycles. The van der Waals surface area contributed by atoms with E-state index in [1.807, 2.05) is 6.07 Å². The monoisotopic (exact) mass is 246 g/mol. The minimum absolute atomic E-state index is 0.170. The minimum Gasteiger partial charge on any atom is -0.481 e. The van der Waals surface area contributed by atoms with Crippen LogP contribution < -0.4 is 5.32 Å². The molecule has 0 saturated heterocycles. The van der Waals surface area contributed by atoms with Crippen LogP contribution in [0.15, 0.2) is 24.3 Å². The summed E-state index contributed by atoms with van der Waals surface area (Å²) in [4.78, 5) is 22.5. The predicted molar refractivity (Wildman–Crippen MR) is 65.0 cm³/mol. The van der Waals surface area contributed by atoms with E-state index >= 15 is 0 Å². The number of nitrogens with one attached hydrogen (secondary N) is 1. The van der Waals surface area contributed by atoms with Gasteiger partial charge in [0.25, 0.3) is 5.91 Å². The maximum Gasteiger partial charge on any atom is 0.305 e. The lowest BCUT2D eigenvalue weighted by atomic mass is 10.00. The summed E-state index contributed by atoms with van der Waals surface area (Å²) >= 11 is 0. The highest BCUT2D eigenvalue weighted by molar-refractivity contribution is 5.95. The molecule has 2 N–H and O–H groups in total. The number of benzene rings is 1. The molecule has 0 radical (unpaired) electrons. The Balaban J connectivity index is 2.82. The first kappa shape index (κ1) is 13.7. The normalized spacial score (nSPS) is 10.5. The highest BCUT2D eigenvalue weighted by atomic mass is 16.4. The van der Waals surface area contributed by atoms with Crippen LogP contribution in [0.3, 0.4) is 0 Å². The van der Waals surface area contributed by atoms with Crippen LogP contribution in [0.5, 0.6) is 0 Å². The fraction of sp³-hybridized carbons (Fsp3) is 0.308. The van der Waals surface area contributed by atoms with Gasteiger partial charge in [0.15, 0.2) is 0 Å². The van der Waals surface area contributed by atoms with Gasteiger partial charge in [-0.3, -0.25) is 9.59 Å². The molecule has 18 heavy (non-hydrogen) atoms. The van der Waals surface area contributed by atoms with Crippen molar-refractivity contribution >= 4 is 11.9 Å². The molecule has 5 nitrogen and oxygen atoms in total. The molecule has 0 fully saturated rings. The van der Waals surface area contributed by atoms with Crippen LogP contribution in [0.1, 0.15) is 36.2 Å². The summed E-state index contributed by atoms with van der Waals surface area (Å²) < 4.78 is 0. The molecule has 0 aliphatic rings. The molecule has 1 rings (SSSR count). The van der Waals surface area contributed by atoms with Crippen LogP contribution in [-0.2, 0) is 4.79 Å². The third kappa shape index (κ3) is 3.91. The Morgan fingerprint density at radius 3 is 2.67 bits per heavy atom. The molecular formula is C13H14N2O3. The predicted octanol–water partition coefficient (Wildman–Crippen LogP) is 1.54. The highest BCUT2D eigenvalue weighted by Crippen LogP contribution is 2.11. The van der Waals surface area contributed by atoms with Crippen molar-refractivity contribution in [3.8, 4) is 6.07 Å². The lowest BCUT2D eigenvalue weighted by molar-refractivity contribution is -0.138. The molecule has 0 saturated carbocycles. The lowest BCUT2D eigenvalue weighted by Gasteiger charge is -2.24. The number of rotatable bonds is 4. The van der Waals surface area contributed by atoms with Crippen LogP contribution in [-0.4, -0.2) is 22.5 Å². The van der Waals surface area contributed by atoms with Crippen molar-refractivity contribution in [1.82, 2.24) is 5.32 Å². The van der Waals surface area contributed by atoms with Gasteiger partial charge in [0.2, 0.25) is 0 Å². The molecular weight excluding hydrogens is 232 g/mol. The maximum absolute atomic E-state index is 11.9. The van der Waals surface area contributed by atoms with E-state index in [1.54, 1.807) is 32.0 Å². The first-order valence-electron chi connectivity index (χ1n) is 5.38. The van der Waals surface area contributed by atoms with Gasteiger partial charge in [0, 0.05) is 11.1 Å². The Morgan fingerprint density at radius 1 is 1.44 bits per heavy atom. The van der Waals surface area contributed by atoms with E-state index in [1.165, 1.54) is 6.07 Å². The number of carbonyl (C=O) groups is 2. The topological polar surface area (TPSA) is 90.2 Å². The van der Waals surface area contributed by atoms with E-state index < -0.39 is 17.4 Å². The van der Waals surface area contributed by atoms with Crippen molar-refractivity contribution in [3.63, 3.8) is 0 Å². The molecule has 5 heteroatoms. The summed E-state index contributed by atoms with van der Waals surface area (Å²) in [6.07, 6.45) is -0.170. The fourth-order valence-corrected chi connectivity index (χ4v) is 1.53. The second-order valence-electron chi connectivity index (χ2n) is 4.60. The Bertz CT molecular complexity index is 515. The van der Waals surface area contributed by atoms with E-state index in [-0.39, 0.29) is 6.42 Å². The van der Waals surface area contributed by atoms with Gasteiger partial charge in [-0.2, -0.15) is 5.26 Å². The molecule has 1 aromatic rings. The Kier molecular flexibility index (Phi) is 4.05. The van der Waals surface area contributed by atoms with E-state index in [0.717, 1.165) is 0 Å². The summed E-state index contributed by atoms with van der Waals surface area (Å²) in [5, 5.41) is 20.1. The minimum atomic E-state index is -0.980. The van der Waals surface area contributed by atoms with Gasteiger partial charge in [-0.25, -0.2) is 0 Å². The maximum atomic E-state index is 11.9. The number of hydrogen-bond acceptors (Lipinski definition) is 3. The van der Waals surface area contributed by atoms with Gasteiger partial charge in [-0.05, 0) is 32.0 Å². The van der Waals surface area contributed by atoms with Crippen LogP contribution in [0.2, 0.25) is 0 Å². The van der Waals surface area contributed by atoms with Crippen molar-refractivity contribution in [2.75, 3.05) is 0 Å². The van der Waals surface area contributed by atoms with Crippen molar-refractivity contribution in [3.05, 3.63) is 35.4 Å². The van der Waals surface area contributed by atoms with Gasteiger partial charge in [-0.1, -0.05) is 6.07 Å². The van der Waals surface area contributed by atoms with Crippen molar-refractivity contribution in [2.24, 2.45) is 0 Å². The van der Waals surface area contributed by atoms with Gasteiger partial charge in [-0.15, -0.1) is 0 Å². The van der Waals surface area contributed by atoms with E-state index in [2.05, 4.69) is 5.32 Å². The van der Waals surface area contributed by atoms with Crippen LogP contribution in [0.25, 0.3) is 0 Å². The third-order valence-corrected chi connectivity index (χ3v) is 2.30. The number of carboxylic acid groups (broad SMARTS) is 1. The Morgan fingerprint density at radius 2 is 2.11 bits per heavy atom. The number of nitriles is 1. The number of carboxylic acids is 1. The highest BCUT2D eigenvalue weighted by Gasteiger charge is 2.24. The van der Waals surface area contributed by atoms with Crippen molar-refractivity contribution in [2.45, 2.75) is 25.8 Å². The molecule has 0 aromatic heterocycles. The van der Waals surface area contributed by atoms with Crippen LogP contribution in [0, 0.1) is 11.3 Å². The summed E-state index contributed by atoms with van der Waals surface area (Å²) in [7, 11) is 0. The molecule has 0 spiro atoms. The zero-order valence-electron chi connectivity index (χ0n) is 10.2. The molecule has 0 bridgehead atoms. The standard InChI is InChI=1S/C13H14N2O3/c1-13(2,7-11(16)17)15-12(18)10-5-3-4-9(6-10)8-14/h3-6H,7H2,1-2H3,(H,15,18)(H,16,17). The van der Waals surface area contributed by atoms with E-state index in [0.29, 0.717) is 11.1 Å². The SMILES string of the molecule is CC(C)(CC(=O)O)NC(=O)c1cccc(C#N)c1. The zero-order valence-corrected chi connectivity index (χ0v) is 10.2. The Hall–Kier alpha value is -2.35. The number of aliphatic carboxylic acids is 1. The third-order valence-electron chi connectivity index (χ3n) is 2.30. The molecule has 0 aliphatic carbocycles. The fourth-order valence-electron chi connectivity index (χ4n) is 1.53. The molecule has 1 amide bonds. The molecule has 0 heterocycles. The number of hydrogen-bond donors (Lipinski definition) is 2. The first-order valence-corrected chi connectivity index (χ1v) is 5.38. The summed E-state index contributed by atoms with van der Waals surface area (Å²) in [6, 6.07) is 8.19. The van der Waals surface area contributed by atoms with Crippen LogP contribution >= 0.6 is 0 Å². The average molecular weight is 246 g/mol. The molecule has 0 atom stereocenters. The second kappa shape index (κ2) is 5.32. The van der Waals surface area contributed by atoms with Gasteiger partial charge >= 0.3 is 5.97 Å². The second-order valence-corrected chi connectivity index (χ2v) is 4.60. The van der Waals surface area contributed by atoms with E-state index in [4.69, 9.17) is 10.4 Å². The van der Waals surface area contributed by atoms with Crippen LogP contribution in [0.4, 0.5) is 0 Å². The number of nitrogens with zero attached hydrogens (tertiary/aromatic N) is 1. The number of carbonyl (C=O) groups excluding carboxylic acids is 1. The van der Waals surface area contributed by atoms with Crippen molar-refractivity contribution < 1.29 is 14.7 Å². The van der Waals surface area contributed by atoms with Crippen molar-refractivity contribution in [1.29, 1.82) is 5.26 Å². The molecule has 0 unspecified atom stereocenters. The summed E-state index contributed by atoms with van der Waals surface area (Å²) in [6.45, 7) is 3.26. The largest absolute Gasteiger partial charge is 0.481 e. The summed E-state index contributed by atoms with van der Waals surface area (Å²) in [5.41, 5.74) is -0.114. The lowest BCUT2D eigenvalue weighted by Crippen LogP contribution is -2.44. The first-order chi connectivity index (χ1) is 8.34. The quantitative estimate of drug-likeness (QED) is 0.843. The van der Waals surface area contributed by atoms with Gasteiger partial charge in [0.1, 0.15) is 0 Å². The summed E-state index contributed by atoms with van der Waals surface area (Å²) in [5.74, 6) is -1.37. The van der Waals surface area contributed by atoms with E-state index in [9.17, 15) is 9.59 Å². The Labute approximate surface area is 105 Å². The average Bonchev–Trinajstić information content (AvgIpc) is 2.26. The number of amides is 1. The zero-order chi connectivity index (χ0) is 13.8. The molecule has 94 valence electrons. The van der Waals surface area contributed by atoms with Gasteiger partial charge < -0.3 is 10.4 Å². The smallest absolute Gasteiger partial charge is 0.305 e.